The zero-order chi connectivity index (χ0) is 6.91. The smallest absolute Gasteiger partial charge is 0.160 e. The molecule has 4 heteroatoms. The van der Waals surface area contributed by atoms with Gasteiger partial charge in [-0.2, -0.15) is 4.68 Å². The van der Waals surface area contributed by atoms with Crippen molar-refractivity contribution in [3.8, 4) is 0 Å². The van der Waals surface area contributed by atoms with Crippen LogP contribution in [0.3, 0.4) is 0 Å². The molecule has 1 aromatic heterocycles. The summed E-state index contributed by atoms with van der Waals surface area (Å²) in [5.41, 5.74) is 0.0590. The minimum atomic E-state index is 0.0590. The second kappa shape index (κ2) is 1.79. The van der Waals surface area contributed by atoms with E-state index in [2.05, 4.69) is 36.3 Å². The molecule has 50 valence electrons. The molecule has 0 amide bonds. The Morgan fingerprint density at radius 1 is 1.44 bits per heavy atom. The van der Waals surface area contributed by atoms with Gasteiger partial charge < -0.3 is 0 Å². The van der Waals surface area contributed by atoms with Crippen LogP contribution in [0.5, 0.6) is 0 Å². The molecule has 1 rings (SSSR count). The van der Waals surface area contributed by atoms with Crippen molar-refractivity contribution in [3.63, 3.8) is 0 Å². The Kier molecular flexibility index (Phi) is 1.23. The summed E-state index contributed by atoms with van der Waals surface area (Å²) in [6.45, 7) is 6.23. The second-order valence-electron chi connectivity index (χ2n) is 2.97. The van der Waals surface area contributed by atoms with Crippen molar-refractivity contribution in [1.82, 2.24) is 15.5 Å². The molecule has 0 atom stereocenters. The van der Waals surface area contributed by atoms with Gasteiger partial charge in [-0.1, -0.05) is 5.21 Å². The standard InChI is InChI=1S/C5H10N4/c1-5(2,3)9-4-6-7-8-9/h4H,1-3H3/p+1. The molecule has 0 aliphatic carbocycles. The monoisotopic (exact) mass is 127 g/mol. The summed E-state index contributed by atoms with van der Waals surface area (Å²) in [6, 6.07) is 0. The summed E-state index contributed by atoms with van der Waals surface area (Å²) in [5.74, 6) is 0. The normalized spacial score (nSPS) is 11.9. The lowest BCUT2D eigenvalue weighted by Crippen LogP contribution is -2.51. The van der Waals surface area contributed by atoms with Gasteiger partial charge in [-0.3, -0.25) is 0 Å². The highest BCUT2D eigenvalue weighted by atomic mass is 15.5. The summed E-state index contributed by atoms with van der Waals surface area (Å²) in [6.07, 6.45) is 1.67. The van der Waals surface area contributed by atoms with E-state index in [0.29, 0.717) is 0 Å². The predicted octanol–water partition coefficient (Wildman–Crippen LogP) is -0.153. The van der Waals surface area contributed by atoms with E-state index in [9.17, 15) is 0 Å². The van der Waals surface area contributed by atoms with Crippen LogP contribution in [0, 0.1) is 0 Å². The lowest BCUT2D eigenvalue weighted by Gasteiger charge is -2.11. The van der Waals surface area contributed by atoms with E-state index in [1.807, 2.05) is 4.68 Å². The summed E-state index contributed by atoms with van der Waals surface area (Å²) in [4.78, 5) is 0. The van der Waals surface area contributed by atoms with Crippen molar-refractivity contribution in [2.75, 3.05) is 0 Å². The van der Waals surface area contributed by atoms with Gasteiger partial charge in [0.2, 0.25) is 0 Å². The largest absolute Gasteiger partial charge is 0.288 e. The number of nitrogens with one attached hydrogen (secondary N) is 1. The molecule has 0 radical (unpaired) electrons. The molecule has 0 unspecified atom stereocenters. The van der Waals surface area contributed by atoms with Crippen LogP contribution in [0.15, 0.2) is 6.33 Å². The Hall–Kier alpha value is -0.930. The van der Waals surface area contributed by atoms with Crippen LogP contribution in [0.2, 0.25) is 0 Å². The van der Waals surface area contributed by atoms with Gasteiger partial charge in [0.15, 0.2) is 5.21 Å². The van der Waals surface area contributed by atoms with Gasteiger partial charge in [0.1, 0.15) is 10.6 Å². The molecule has 0 aliphatic heterocycles. The fourth-order valence-electron chi connectivity index (χ4n) is 0.500. The van der Waals surface area contributed by atoms with Crippen LogP contribution in [0.1, 0.15) is 20.8 Å². The van der Waals surface area contributed by atoms with Crippen LogP contribution in [0.25, 0.3) is 0 Å². The summed E-state index contributed by atoms with van der Waals surface area (Å²) < 4.78 is 1.84. The number of aromatic nitrogens is 4. The molecule has 0 bridgehead atoms. The number of rotatable bonds is 0. The summed E-state index contributed by atoms with van der Waals surface area (Å²) in [7, 11) is 0. The topological polar surface area (TPSA) is 45.5 Å². The number of nitrogens with zero attached hydrogens (tertiary/aromatic N) is 3. The first-order valence-corrected chi connectivity index (χ1v) is 2.89. The summed E-state index contributed by atoms with van der Waals surface area (Å²) >= 11 is 0. The molecule has 1 N–H and O–H groups in total. The highest BCUT2D eigenvalue weighted by molar-refractivity contribution is 4.45. The number of tetrazole rings is 1. The average molecular weight is 127 g/mol. The molecule has 0 saturated carbocycles. The van der Waals surface area contributed by atoms with Crippen LogP contribution in [-0.2, 0) is 5.54 Å². The van der Waals surface area contributed by atoms with Crippen LogP contribution < -0.4 is 4.68 Å². The minimum Gasteiger partial charge on any atom is -0.160 e. The quantitative estimate of drug-likeness (QED) is 0.492. The molecule has 0 saturated heterocycles. The third kappa shape index (κ3) is 1.25. The van der Waals surface area contributed by atoms with Gasteiger partial charge in [-0.05, 0) is 20.8 Å². The van der Waals surface area contributed by atoms with Crippen molar-refractivity contribution < 1.29 is 4.68 Å². The number of hydrogen-bond donors (Lipinski definition) is 1. The zero-order valence-corrected chi connectivity index (χ0v) is 5.92. The Bertz CT molecular complexity index is 171. The Morgan fingerprint density at radius 2 is 2.11 bits per heavy atom. The fraction of sp³-hybridized carbons (Fsp3) is 0.800. The lowest BCUT2D eigenvalue weighted by molar-refractivity contribution is -0.806. The maximum Gasteiger partial charge on any atom is 0.288 e. The van der Waals surface area contributed by atoms with E-state index >= 15 is 0 Å². The highest BCUT2D eigenvalue weighted by Crippen LogP contribution is 1.98. The third-order valence-corrected chi connectivity index (χ3v) is 1.10. The van der Waals surface area contributed by atoms with Crippen molar-refractivity contribution in [1.29, 1.82) is 0 Å². The van der Waals surface area contributed by atoms with Gasteiger partial charge in [0.25, 0.3) is 6.33 Å². The van der Waals surface area contributed by atoms with Crippen LogP contribution in [0.4, 0.5) is 0 Å². The zero-order valence-electron chi connectivity index (χ0n) is 5.92. The van der Waals surface area contributed by atoms with E-state index in [1.165, 1.54) is 0 Å². The number of H-pyrrole nitrogens is 1. The molecule has 1 heterocycles. The highest BCUT2D eigenvalue weighted by Gasteiger charge is 2.17. The van der Waals surface area contributed by atoms with Crippen molar-refractivity contribution in [2.24, 2.45) is 0 Å². The second-order valence-corrected chi connectivity index (χ2v) is 2.97. The van der Waals surface area contributed by atoms with Gasteiger partial charge in [0.05, 0.1) is 0 Å². The Labute approximate surface area is 53.9 Å². The van der Waals surface area contributed by atoms with Crippen LogP contribution >= 0.6 is 0 Å². The van der Waals surface area contributed by atoms with E-state index in [-0.39, 0.29) is 5.54 Å². The first-order valence-electron chi connectivity index (χ1n) is 2.89. The van der Waals surface area contributed by atoms with Gasteiger partial charge >= 0.3 is 0 Å². The van der Waals surface area contributed by atoms with Gasteiger partial charge in [-0.15, -0.1) is 0 Å². The molecular weight excluding hydrogens is 116 g/mol. The first-order chi connectivity index (χ1) is 4.11. The van der Waals surface area contributed by atoms with Gasteiger partial charge in [0, 0.05) is 0 Å². The number of aromatic amines is 1. The van der Waals surface area contributed by atoms with Crippen LogP contribution in [-0.4, -0.2) is 15.5 Å². The van der Waals surface area contributed by atoms with Crippen molar-refractivity contribution >= 4 is 0 Å². The fourth-order valence-corrected chi connectivity index (χ4v) is 0.500. The minimum absolute atomic E-state index is 0.0590. The Morgan fingerprint density at radius 3 is 2.33 bits per heavy atom. The molecule has 0 spiro atoms. The first kappa shape index (κ1) is 6.19. The van der Waals surface area contributed by atoms with E-state index in [4.69, 9.17) is 0 Å². The van der Waals surface area contributed by atoms with E-state index in [1.54, 1.807) is 6.33 Å². The lowest BCUT2D eigenvalue weighted by atomic mass is 10.1. The molecule has 0 aliphatic rings. The summed E-state index contributed by atoms with van der Waals surface area (Å²) in [5, 5.41) is 9.96. The number of hydrogen-bond acceptors (Lipinski definition) is 2. The maximum atomic E-state index is 3.65. The third-order valence-electron chi connectivity index (χ3n) is 1.10. The molecule has 4 nitrogen and oxygen atoms in total. The predicted molar refractivity (Wildman–Crippen MR) is 31.6 cm³/mol. The molecule has 1 aromatic rings. The van der Waals surface area contributed by atoms with E-state index in [0.717, 1.165) is 0 Å². The van der Waals surface area contributed by atoms with Crippen molar-refractivity contribution in [3.05, 3.63) is 6.33 Å². The van der Waals surface area contributed by atoms with Crippen molar-refractivity contribution in [2.45, 2.75) is 26.3 Å². The van der Waals surface area contributed by atoms with Gasteiger partial charge in [-0.25, -0.2) is 0 Å². The SMILES string of the molecule is CC(C)(C)[n+]1cnn[nH]1. The Balaban J connectivity index is 2.90. The molecular formula is C5H11N4+. The average Bonchev–Trinajstić information content (AvgIpc) is 2.08. The maximum absolute atomic E-state index is 3.65. The molecule has 9 heavy (non-hydrogen) atoms. The van der Waals surface area contributed by atoms with E-state index < -0.39 is 0 Å². The molecule has 0 fully saturated rings. The molecule has 0 aromatic carbocycles.